The Morgan fingerprint density at radius 1 is 1.10 bits per heavy atom. The summed E-state index contributed by atoms with van der Waals surface area (Å²) in [5.41, 5.74) is 2.54. The first-order valence-corrected chi connectivity index (χ1v) is 6.19. The maximum atomic E-state index is 11.5. The second kappa shape index (κ2) is 4.74. The highest BCUT2D eigenvalue weighted by Crippen LogP contribution is 2.31. The Balaban J connectivity index is 2.23. The van der Waals surface area contributed by atoms with Crippen LogP contribution < -0.4 is 4.74 Å². The van der Waals surface area contributed by atoms with E-state index in [4.69, 9.17) is 4.74 Å². The molecule has 1 aromatic heterocycles. The number of carboxylic acid groups (broad SMARTS) is 1. The first-order valence-electron chi connectivity index (χ1n) is 6.19. The van der Waals surface area contributed by atoms with Crippen LogP contribution in [-0.2, 0) is 0 Å². The zero-order chi connectivity index (χ0) is 14.1. The molecule has 1 heterocycles. The average Bonchev–Trinajstić information content (AvgIpc) is 2.86. The highest BCUT2D eigenvalue weighted by atomic mass is 16.5. The number of carbonyl (C=O) groups is 1. The fraction of sp³-hybridized carbons (Fsp3) is 0.0625. The fourth-order valence-electron chi connectivity index (χ4n) is 2.34. The SMILES string of the molecule is COc1ccc(-c2[nH]c3ccccc3c2C(=O)O)cc1. The Bertz CT molecular complexity index is 772. The molecule has 4 heteroatoms. The van der Waals surface area contributed by atoms with Crippen molar-refractivity contribution in [2.75, 3.05) is 7.11 Å². The van der Waals surface area contributed by atoms with Crippen LogP contribution >= 0.6 is 0 Å². The molecule has 0 saturated carbocycles. The molecular formula is C16H13NO3. The Morgan fingerprint density at radius 3 is 2.45 bits per heavy atom. The summed E-state index contributed by atoms with van der Waals surface area (Å²) in [4.78, 5) is 14.7. The summed E-state index contributed by atoms with van der Waals surface area (Å²) in [6.07, 6.45) is 0. The molecular weight excluding hydrogens is 254 g/mol. The van der Waals surface area contributed by atoms with Gasteiger partial charge in [0.15, 0.2) is 0 Å². The molecule has 20 heavy (non-hydrogen) atoms. The van der Waals surface area contributed by atoms with Gasteiger partial charge in [0, 0.05) is 10.9 Å². The molecule has 2 N–H and O–H groups in total. The minimum atomic E-state index is -0.937. The maximum Gasteiger partial charge on any atom is 0.338 e. The lowest BCUT2D eigenvalue weighted by Gasteiger charge is -2.03. The smallest absolute Gasteiger partial charge is 0.338 e. The highest BCUT2D eigenvalue weighted by Gasteiger charge is 2.18. The lowest BCUT2D eigenvalue weighted by Crippen LogP contribution is -1.97. The lowest BCUT2D eigenvalue weighted by atomic mass is 10.1. The largest absolute Gasteiger partial charge is 0.497 e. The van der Waals surface area contributed by atoms with Crippen LogP contribution in [0.5, 0.6) is 5.75 Å². The topological polar surface area (TPSA) is 62.3 Å². The number of aromatic carboxylic acids is 1. The van der Waals surface area contributed by atoms with Crippen molar-refractivity contribution in [3.8, 4) is 17.0 Å². The van der Waals surface area contributed by atoms with E-state index in [1.54, 1.807) is 7.11 Å². The van der Waals surface area contributed by atoms with E-state index < -0.39 is 5.97 Å². The van der Waals surface area contributed by atoms with Crippen molar-refractivity contribution in [2.45, 2.75) is 0 Å². The number of fused-ring (bicyclic) bond motifs is 1. The second-order valence-corrected chi connectivity index (χ2v) is 4.45. The van der Waals surface area contributed by atoms with Gasteiger partial charge >= 0.3 is 5.97 Å². The molecule has 0 aliphatic rings. The van der Waals surface area contributed by atoms with Gasteiger partial charge in [-0.1, -0.05) is 18.2 Å². The van der Waals surface area contributed by atoms with E-state index in [1.807, 2.05) is 48.5 Å². The third-order valence-electron chi connectivity index (χ3n) is 3.30. The summed E-state index contributed by atoms with van der Waals surface area (Å²) in [6.45, 7) is 0. The molecule has 0 bridgehead atoms. The van der Waals surface area contributed by atoms with Gasteiger partial charge in [-0.05, 0) is 35.9 Å². The van der Waals surface area contributed by atoms with Crippen LogP contribution in [0.4, 0.5) is 0 Å². The molecule has 3 rings (SSSR count). The summed E-state index contributed by atoms with van der Waals surface area (Å²) in [6, 6.07) is 14.7. The number of rotatable bonds is 3. The van der Waals surface area contributed by atoms with Crippen LogP contribution in [0, 0.1) is 0 Å². The molecule has 0 spiro atoms. The molecule has 100 valence electrons. The number of hydrogen-bond acceptors (Lipinski definition) is 2. The number of benzene rings is 2. The van der Waals surface area contributed by atoms with Crippen molar-refractivity contribution in [1.29, 1.82) is 0 Å². The number of hydrogen-bond donors (Lipinski definition) is 2. The standard InChI is InChI=1S/C16H13NO3/c1-20-11-8-6-10(7-9-11)15-14(16(18)19)12-4-2-3-5-13(12)17-15/h2-9,17H,1H3,(H,18,19). The molecule has 4 nitrogen and oxygen atoms in total. The molecule has 0 aliphatic carbocycles. The van der Waals surface area contributed by atoms with Crippen molar-refractivity contribution in [3.05, 3.63) is 54.1 Å². The zero-order valence-electron chi connectivity index (χ0n) is 10.9. The van der Waals surface area contributed by atoms with Crippen LogP contribution in [0.2, 0.25) is 0 Å². The third-order valence-corrected chi connectivity index (χ3v) is 3.30. The van der Waals surface area contributed by atoms with Gasteiger partial charge < -0.3 is 14.8 Å². The van der Waals surface area contributed by atoms with E-state index in [2.05, 4.69) is 4.98 Å². The Kier molecular flexibility index (Phi) is 2.91. The normalized spacial score (nSPS) is 10.7. The Labute approximate surface area is 115 Å². The van der Waals surface area contributed by atoms with Crippen molar-refractivity contribution in [3.63, 3.8) is 0 Å². The molecule has 0 radical (unpaired) electrons. The fourth-order valence-corrected chi connectivity index (χ4v) is 2.34. The summed E-state index contributed by atoms with van der Waals surface area (Å²) >= 11 is 0. The molecule has 0 saturated heterocycles. The van der Waals surface area contributed by atoms with Crippen molar-refractivity contribution in [2.24, 2.45) is 0 Å². The predicted molar refractivity (Wildman–Crippen MR) is 77.2 cm³/mol. The number of para-hydroxylation sites is 1. The van der Waals surface area contributed by atoms with E-state index >= 15 is 0 Å². The summed E-state index contributed by atoms with van der Waals surface area (Å²) < 4.78 is 5.12. The quantitative estimate of drug-likeness (QED) is 0.763. The number of aromatic amines is 1. The van der Waals surface area contributed by atoms with E-state index in [-0.39, 0.29) is 0 Å². The van der Waals surface area contributed by atoms with Gasteiger partial charge in [-0.15, -0.1) is 0 Å². The third kappa shape index (κ3) is 1.91. The lowest BCUT2D eigenvalue weighted by molar-refractivity contribution is 0.0700. The summed E-state index contributed by atoms with van der Waals surface area (Å²) in [5.74, 6) is -0.199. The van der Waals surface area contributed by atoms with Crippen LogP contribution in [0.15, 0.2) is 48.5 Å². The van der Waals surface area contributed by atoms with Gasteiger partial charge in [-0.2, -0.15) is 0 Å². The molecule has 0 aliphatic heterocycles. The van der Waals surface area contributed by atoms with Gasteiger partial charge in [0.1, 0.15) is 5.75 Å². The molecule has 0 unspecified atom stereocenters. The number of carboxylic acids is 1. The van der Waals surface area contributed by atoms with Crippen LogP contribution in [0.1, 0.15) is 10.4 Å². The first kappa shape index (κ1) is 12.3. The number of ether oxygens (including phenoxy) is 1. The number of H-pyrrole nitrogens is 1. The van der Waals surface area contributed by atoms with Crippen molar-refractivity contribution in [1.82, 2.24) is 4.98 Å². The van der Waals surface area contributed by atoms with Crippen molar-refractivity contribution >= 4 is 16.9 Å². The Hall–Kier alpha value is -2.75. The molecule has 0 fully saturated rings. The molecule has 3 aromatic rings. The molecule has 0 atom stereocenters. The van der Waals surface area contributed by atoms with Gasteiger partial charge in [-0.3, -0.25) is 0 Å². The van der Waals surface area contributed by atoms with E-state index in [9.17, 15) is 9.90 Å². The summed E-state index contributed by atoms with van der Waals surface area (Å²) in [5, 5.41) is 10.2. The minimum absolute atomic E-state index is 0.297. The highest BCUT2D eigenvalue weighted by molar-refractivity contribution is 6.09. The van der Waals surface area contributed by atoms with Crippen LogP contribution in [-0.4, -0.2) is 23.2 Å². The van der Waals surface area contributed by atoms with Crippen LogP contribution in [0.25, 0.3) is 22.2 Å². The number of methoxy groups -OCH3 is 1. The van der Waals surface area contributed by atoms with Gasteiger partial charge in [0.2, 0.25) is 0 Å². The second-order valence-electron chi connectivity index (χ2n) is 4.45. The Morgan fingerprint density at radius 2 is 1.80 bits per heavy atom. The zero-order valence-corrected chi connectivity index (χ0v) is 10.9. The van der Waals surface area contributed by atoms with Gasteiger partial charge in [-0.25, -0.2) is 4.79 Å². The predicted octanol–water partition coefficient (Wildman–Crippen LogP) is 3.54. The summed E-state index contributed by atoms with van der Waals surface area (Å²) in [7, 11) is 1.60. The number of nitrogens with one attached hydrogen (secondary N) is 1. The van der Waals surface area contributed by atoms with Gasteiger partial charge in [0.05, 0.1) is 18.4 Å². The molecule has 2 aromatic carbocycles. The van der Waals surface area contributed by atoms with Crippen LogP contribution in [0.3, 0.4) is 0 Å². The van der Waals surface area contributed by atoms with Gasteiger partial charge in [0.25, 0.3) is 0 Å². The minimum Gasteiger partial charge on any atom is -0.497 e. The van der Waals surface area contributed by atoms with E-state index in [1.165, 1.54) is 0 Å². The first-order chi connectivity index (χ1) is 9.70. The maximum absolute atomic E-state index is 11.5. The number of aromatic nitrogens is 1. The average molecular weight is 267 g/mol. The molecule has 0 amide bonds. The monoisotopic (exact) mass is 267 g/mol. The van der Waals surface area contributed by atoms with E-state index in [0.717, 1.165) is 16.8 Å². The van der Waals surface area contributed by atoms with Crippen molar-refractivity contribution < 1.29 is 14.6 Å². The van der Waals surface area contributed by atoms with E-state index in [0.29, 0.717) is 16.6 Å².